The van der Waals surface area contributed by atoms with Gasteiger partial charge in [0.25, 0.3) is 0 Å². The SMILES string of the molecule is Cc1ncsc1-c1ccc(CNC(=O)[C@@H]2C[C@@H](O)CN2C(=O)[C@@H](NC(=O)COCCOCCOCCN2CCN(CCOc3ccc4cc3COC/C=C/COCc3cccc(c3)-c3ccnc(n3)N4)CC2)C(C)(C)C)cc1. The zero-order valence-corrected chi connectivity index (χ0v) is 46.1. The molecular weight excluding hydrogens is 1010 g/mol. The second-order valence-corrected chi connectivity index (χ2v) is 21.5. The number of hydrogen-bond donors (Lipinski definition) is 4. The topological polar surface area (TPSA) is 211 Å². The number of nitrogens with one attached hydrogen (secondary N) is 3. The van der Waals surface area contributed by atoms with E-state index in [-0.39, 0.29) is 45.2 Å². The lowest BCUT2D eigenvalue weighted by Crippen LogP contribution is -2.58. The fraction of sp³-hybridized carbons (Fsp3) is 0.483. The molecule has 3 amide bonds. The summed E-state index contributed by atoms with van der Waals surface area (Å²) in [7, 11) is 0. The molecule has 418 valence electrons. The van der Waals surface area contributed by atoms with Crippen molar-refractivity contribution in [1.82, 2.24) is 40.3 Å². The van der Waals surface area contributed by atoms with Gasteiger partial charge in [-0.05, 0) is 59.4 Å². The molecule has 3 aromatic carbocycles. The van der Waals surface area contributed by atoms with E-state index in [1.165, 1.54) is 4.90 Å². The summed E-state index contributed by atoms with van der Waals surface area (Å²) in [4.78, 5) is 61.4. The van der Waals surface area contributed by atoms with E-state index < -0.39 is 35.4 Å². The molecule has 3 aliphatic rings. The zero-order chi connectivity index (χ0) is 54.7. The molecule has 0 aliphatic carbocycles. The van der Waals surface area contributed by atoms with E-state index in [0.717, 1.165) is 94.8 Å². The van der Waals surface area contributed by atoms with Crippen LogP contribution in [0.15, 0.2) is 96.7 Å². The molecule has 2 saturated heterocycles. The minimum atomic E-state index is -0.957. The monoisotopic (exact) mass is 1090 g/mol. The number of amides is 3. The number of likely N-dealkylation sites (tertiary alicyclic amines) is 1. The Morgan fingerprint density at radius 3 is 2.28 bits per heavy atom. The molecule has 6 bridgehead atoms. The normalized spacial score (nSPS) is 18.3. The summed E-state index contributed by atoms with van der Waals surface area (Å²) in [6.07, 6.45) is 4.94. The third-order valence-corrected chi connectivity index (χ3v) is 14.7. The molecule has 3 atom stereocenters. The Morgan fingerprint density at radius 1 is 0.833 bits per heavy atom. The first-order valence-corrected chi connectivity index (χ1v) is 27.7. The molecule has 2 fully saturated rings. The minimum Gasteiger partial charge on any atom is -0.492 e. The number of nitrogens with zero attached hydrogens (tertiary/aromatic N) is 6. The number of benzene rings is 3. The fourth-order valence-corrected chi connectivity index (χ4v) is 10.2. The number of β-amino-alcohol motifs (C(OH)–C–C–N with tert-alkyl or cyclic N) is 1. The van der Waals surface area contributed by atoms with Gasteiger partial charge in [-0.1, -0.05) is 75.4 Å². The summed E-state index contributed by atoms with van der Waals surface area (Å²) in [5, 5.41) is 19.7. The number of ether oxygens (including phenoxy) is 6. The Morgan fingerprint density at radius 2 is 1.55 bits per heavy atom. The van der Waals surface area contributed by atoms with E-state index in [1.54, 1.807) is 17.5 Å². The maximum absolute atomic E-state index is 14.0. The van der Waals surface area contributed by atoms with Crippen LogP contribution in [0.1, 0.15) is 49.6 Å². The number of thiazole rings is 1. The van der Waals surface area contributed by atoms with Crippen LogP contribution in [-0.2, 0) is 57.8 Å². The molecule has 4 N–H and O–H groups in total. The molecule has 8 rings (SSSR count). The van der Waals surface area contributed by atoms with Gasteiger partial charge in [-0.15, -0.1) is 11.3 Å². The van der Waals surface area contributed by atoms with Crippen molar-refractivity contribution in [2.45, 2.75) is 72.1 Å². The van der Waals surface area contributed by atoms with Crippen molar-refractivity contribution in [3.8, 4) is 27.4 Å². The van der Waals surface area contributed by atoms with Crippen molar-refractivity contribution in [3.05, 3.63) is 119 Å². The number of aryl methyl sites for hydroxylation is 1. The Labute approximate surface area is 461 Å². The van der Waals surface area contributed by atoms with Crippen molar-refractivity contribution in [1.29, 1.82) is 0 Å². The summed E-state index contributed by atoms with van der Waals surface area (Å²) in [6, 6.07) is 22.1. The number of fused-ring (bicyclic) bond motifs is 7. The summed E-state index contributed by atoms with van der Waals surface area (Å²) < 4.78 is 35.4. The Kier molecular flexibility index (Phi) is 21.7. The van der Waals surface area contributed by atoms with E-state index in [9.17, 15) is 19.5 Å². The standard InChI is InChI=1S/C58H75N9O10S/c1-41-53(78-40-61-41)44-12-10-42(11-13-44)35-60-55(70)50-34-48(68)36-67(50)56(71)54(58(2,3)4)64-52(69)39-76-31-30-73-29-28-72-26-22-65-18-20-66(21-19-65)23-27-77-51-15-14-47-33-46(51)38-75-25-6-5-24-74-37-43-8-7-9-45(32-43)49-16-17-59-57(62-47)63-49/h5-17,32-33,40,48,50,54,68H,18-31,34-39H2,1-4H3,(H,60,70)(H,64,69)(H,59,62,63)/b6-5+/t48-,50+,54-/m1/s1. The smallest absolute Gasteiger partial charge is 0.246 e. The number of aliphatic hydroxyl groups is 1. The molecule has 0 saturated carbocycles. The van der Waals surface area contributed by atoms with Crippen LogP contribution in [0.25, 0.3) is 21.7 Å². The first-order valence-electron chi connectivity index (χ1n) is 26.8. The molecule has 19 nitrogen and oxygen atoms in total. The van der Waals surface area contributed by atoms with Crippen LogP contribution in [0.5, 0.6) is 5.75 Å². The summed E-state index contributed by atoms with van der Waals surface area (Å²) in [5.41, 5.74) is 8.70. The first-order chi connectivity index (χ1) is 37.9. The quantitative estimate of drug-likeness (QED) is 0.0507. The van der Waals surface area contributed by atoms with Crippen LogP contribution in [0.2, 0.25) is 0 Å². The average molecular weight is 1090 g/mol. The highest BCUT2D eigenvalue weighted by Gasteiger charge is 2.44. The Hall–Kier alpha value is -6.20. The van der Waals surface area contributed by atoms with Crippen LogP contribution in [0.4, 0.5) is 11.6 Å². The highest BCUT2D eigenvalue weighted by atomic mass is 32.1. The Bertz CT molecular complexity index is 2750. The van der Waals surface area contributed by atoms with E-state index in [2.05, 4.69) is 41.8 Å². The molecule has 5 aromatic rings. The van der Waals surface area contributed by atoms with Gasteiger partial charge in [0.15, 0.2) is 0 Å². The van der Waals surface area contributed by atoms with Crippen LogP contribution >= 0.6 is 11.3 Å². The summed E-state index contributed by atoms with van der Waals surface area (Å²) in [5.74, 6) is 0.0134. The number of anilines is 2. The van der Waals surface area contributed by atoms with Crippen LogP contribution in [-0.4, -0.2) is 176 Å². The van der Waals surface area contributed by atoms with Crippen molar-refractivity contribution in [2.24, 2.45) is 5.41 Å². The van der Waals surface area contributed by atoms with E-state index in [1.807, 2.05) is 112 Å². The molecule has 78 heavy (non-hydrogen) atoms. The van der Waals surface area contributed by atoms with E-state index in [4.69, 9.17) is 33.4 Å². The number of aromatic nitrogens is 3. The highest BCUT2D eigenvalue weighted by Crippen LogP contribution is 2.30. The van der Waals surface area contributed by atoms with Crippen molar-refractivity contribution >= 4 is 40.7 Å². The number of piperazine rings is 1. The predicted molar refractivity (Wildman–Crippen MR) is 298 cm³/mol. The number of hydrogen-bond acceptors (Lipinski definition) is 17. The van der Waals surface area contributed by atoms with Crippen LogP contribution in [0.3, 0.4) is 0 Å². The molecule has 5 heterocycles. The number of carbonyl (C=O) groups is 3. The van der Waals surface area contributed by atoms with Crippen molar-refractivity contribution < 1.29 is 47.9 Å². The highest BCUT2D eigenvalue weighted by molar-refractivity contribution is 7.13. The lowest BCUT2D eigenvalue weighted by atomic mass is 9.85. The van der Waals surface area contributed by atoms with E-state index in [0.29, 0.717) is 58.8 Å². The van der Waals surface area contributed by atoms with Gasteiger partial charge >= 0.3 is 0 Å². The lowest BCUT2D eigenvalue weighted by Gasteiger charge is -2.35. The van der Waals surface area contributed by atoms with Crippen LogP contribution < -0.4 is 20.7 Å². The predicted octanol–water partition coefficient (Wildman–Crippen LogP) is 5.78. The van der Waals surface area contributed by atoms with Crippen LogP contribution in [0, 0.1) is 12.3 Å². The van der Waals surface area contributed by atoms with Gasteiger partial charge in [0.2, 0.25) is 23.7 Å². The molecule has 20 heteroatoms. The second kappa shape index (κ2) is 29.1. The number of carbonyl (C=O) groups excluding carboxylic acids is 3. The number of rotatable bonds is 21. The average Bonchev–Trinajstić information content (AvgIpc) is 4.10. The fourth-order valence-electron chi connectivity index (χ4n) is 9.36. The van der Waals surface area contributed by atoms with Gasteiger partial charge in [-0.3, -0.25) is 24.2 Å². The van der Waals surface area contributed by atoms with Gasteiger partial charge in [-0.25, -0.2) is 15.0 Å². The third-order valence-electron chi connectivity index (χ3n) is 13.7. The van der Waals surface area contributed by atoms with Gasteiger partial charge in [0.1, 0.15) is 31.0 Å². The molecule has 0 spiro atoms. The molecular formula is C58H75N9O10S. The maximum atomic E-state index is 14.0. The first kappa shape index (κ1) is 58.0. The van der Waals surface area contributed by atoms with Gasteiger partial charge in [-0.2, -0.15) is 0 Å². The third kappa shape index (κ3) is 17.4. The molecule has 2 aromatic heterocycles. The molecule has 0 radical (unpaired) electrons. The Balaban J connectivity index is 0.675. The van der Waals surface area contributed by atoms with Gasteiger partial charge in [0.05, 0.1) is 87.3 Å². The zero-order valence-electron chi connectivity index (χ0n) is 45.3. The second-order valence-electron chi connectivity index (χ2n) is 20.7. The van der Waals surface area contributed by atoms with Gasteiger partial charge in [0, 0.05) is 81.8 Å². The van der Waals surface area contributed by atoms with Gasteiger partial charge < -0.3 is 54.4 Å². The lowest BCUT2D eigenvalue weighted by molar-refractivity contribution is -0.144. The number of aliphatic hydroxyl groups excluding tert-OH is 1. The summed E-state index contributed by atoms with van der Waals surface area (Å²) in [6.45, 7) is 17.1. The van der Waals surface area contributed by atoms with Crippen molar-refractivity contribution in [3.63, 3.8) is 0 Å². The van der Waals surface area contributed by atoms with Crippen molar-refractivity contribution in [2.75, 3.05) is 111 Å². The molecule has 3 aliphatic heterocycles. The largest absolute Gasteiger partial charge is 0.492 e. The minimum absolute atomic E-state index is 0.0100. The summed E-state index contributed by atoms with van der Waals surface area (Å²) >= 11 is 1.58. The maximum Gasteiger partial charge on any atom is 0.246 e. The van der Waals surface area contributed by atoms with E-state index >= 15 is 0 Å². The molecule has 0 unspecified atom stereocenters.